The van der Waals surface area contributed by atoms with Crippen LogP contribution in [0.25, 0.3) is 11.4 Å². The largest absolute Gasteiger partial charge is 0.497 e. The Kier molecular flexibility index (Phi) is 6.17. The van der Waals surface area contributed by atoms with E-state index in [0.717, 1.165) is 28.6 Å². The molecule has 0 aliphatic rings. The number of anilines is 1. The van der Waals surface area contributed by atoms with Gasteiger partial charge in [-0.15, -0.1) is 0 Å². The Morgan fingerprint density at radius 1 is 1.55 bits per heavy atom. The van der Waals surface area contributed by atoms with Gasteiger partial charge in [0.15, 0.2) is 5.82 Å². The molecule has 0 bridgehead atoms. The van der Waals surface area contributed by atoms with Crippen LogP contribution in [-0.2, 0) is 4.79 Å². The summed E-state index contributed by atoms with van der Waals surface area (Å²) in [6, 6.07) is 6.92. The molecule has 1 atom stereocenters. The standard InChI is InChI=1S/C14H18N4O2S2/c1-20-10-5-3-4-9(8-10)12-16-14(22-18-12)17-13(19)11(15)6-7-21-2/h3-5,8,11H,6-7,15H2,1-2H3,(H,16,17,18,19). The minimum Gasteiger partial charge on any atom is -0.497 e. The quantitative estimate of drug-likeness (QED) is 0.804. The second kappa shape index (κ2) is 8.11. The first-order valence-corrected chi connectivity index (χ1v) is 8.84. The van der Waals surface area contributed by atoms with Crippen LogP contribution in [0.1, 0.15) is 6.42 Å². The highest BCUT2D eigenvalue weighted by Gasteiger charge is 2.15. The van der Waals surface area contributed by atoms with Gasteiger partial charge in [0.05, 0.1) is 13.2 Å². The molecule has 0 spiro atoms. The molecule has 0 aliphatic carbocycles. The van der Waals surface area contributed by atoms with E-state index in [9.17, 15) is 4.79 Å². The van der Waals surface area contributed by atoms with Crippen molar-refractivity contribution in [2.45, 2.75) is 12.5 Å². The molecule has 1 aromatic heterocycles. The zero-order chi connectivity index (χ0) is 15.9. The number of ether oxygens (including phenoxy) is 1. The summed E-state index contributed by atoms with van der Waals surface area (Å²) in [7, 11) is 1.61. The van der Waals surface area contributed by atoms with Crippen LogP contribution in [0.2, 0.25) is 0 Å². The van der Waals surface area contributed by atoms with Crippen molar-refractivity contribution in [3.05, 3.63) is 24.3 Å². The van der Waals surface area contributed by atoms with Gasteiger partial charge in [0.2, 0.25) is 11.0 Å². The first kappa shape index (κ1) is 16.7. The van der Waals surface area contributed by atoms with E-state index < -0.39 is 6.04 Å². The molecule has 1 amide bonds. The molecule has 0 fully saturated rings. The molecule has 3 N–H and O–H groups in total. The zero-order valence-electron chi connectivity index (χ0n) is 12.4. The fourth-order valence-corrected chi connectivity index (χ4v) is 2.81. The molecule has 118 valence electrons. The summed E-state index contributed by atoms with van der Waals surface area (Å²) in [5.41, 5.74) is 6.66. The molecular weight excluding hydrogens is 320 g/mol. The first-order chi connectivity index (χ1) is 10.6. The Labute approximate surface area is 137 Å². The smallest absolute Gasteiger partial charge is 0.243 e. The van der Waals surface area contributed by atoms with Gasteiger partial charge >= 0.3 is 0 Å². The Morgan fingerprint density at radius 3 is 3.09 bits per heavy atom. The van der Waals surface area contributed by atoms with Crippen LogP contribution in [0.15, 0.2) is 24.3 Å². The summed E-state index contributed by atoms with van der Waals surface area (Å²) in [6.45, 7) is 0. The number of carbonyl (C=O) groups is 1. The fourth-order valence-electron chi connectivity index (χ4n) is 1.73. The maximum Gasteiger partial charge on any atom is 0.243 e. The van der Waals surface area contributed by atoms with Gasteiger partial charge in [-0.05, 0) is 30.6 Å². The SMILES string of the molecule is COc1cccc(-c2nsc(NC(=O)C(N)CCSC)n2)c1. The van der Waals surface area contributed by atoms with Crippen LogP contribution < -0.4 is 15.8 Å². The summed E-state index contributed by atoms with van der Waals surface area (Å²) in [6.07, 6.45) is 2.62. The van der Waals surface area contributed by atoms with Gasteiger partial charge in [0, 0.05) is 17.1 Å². The number of thioether (sulfide) groups is 1. The summed E-state index contributed by atoms with van der Waals surface area (Å²) < 4.78 is 9.43. The van der Waals surface area contributed by atoms with Crippen molar-refractivity contribution in [1.82, 2.24) is 9.36 Å². The van der Waals surface area contributed by atoms with E-state index >= 15 is 0 Å². The highest BCUT2D eigenvalue weighted by molar-refractivity contribution is 7.98. The van der Waals surface area contributed by atoms with Crippen molar-refractivity contribution in [2.24, 2.45) is 5.73 Å². The summed E-state index contributed by atoms with van der Waals surface area (Å²) in [5, 5.41) is 3.16. The highest BCUT2D eigenvalue weighted by Crippen LogP contribution is 2.24. The van der Waals surface area contributed by atoms with Crippen molar-refractivity contribution in [3.63, 3.8) is 0 Å². The van der Waals surface area contributed by atoms with Crippen LogP contribution in [0.3, 0.4) is 0 Å². The lowest BCUT2D eigenvalue weighted by Crippen LogP contribution is -2.36. The number of nitrogens with one attached hydrogen (secondary N) is 1. The summed E-state index contributed by atoms with van der Waals surface area (Å²) in [5.74, 6) is 1.90. The molecule has 2 aromatic rings. The molecule has 8 heteroatoms. The van der Waals surface area contributed by atoms with E-state index in [4.69, 9.17) is 10.5 Å². The summed E-state index contributed by atoms with van der Waals surface area (Å²) >= 11 is 2.79. The molecular formula is C14H18N4O2S2. The number of amides is 1. The number of methoxy groups -OCH3 is 1. The van der Waals surface area contributed by atoms with Crippen molar-refractivity contribution in [2.75, 3.05) is 24.4 Å². The van der Waals surface area contributed by atoms with E-state index in [1.54, 1.807) is 18.9 Å². The van der Waals surface area contributed by atoms with Crippen LogP contribution in [-0.4, -0.2) is 40.4 Å². The number of aromatic nitrogens is 2. The van der Waals surface area contributed by atoms with Gasteiger partial charge in [-0.2, -0.15) is 21.1 Å². The Hall–Kier alpha value is -1.64. The van der Waals surface area contributed by atoms with E-state index in [1.165, 1.54) is 0 Å². The van der Waals surface area contributed by atoms with Crippen LogP contribution in [0.4, 0.5) is 5.13 Å². The van der Waals surface area contributed by atoms with Crippen LogP contribution in [0.5, 0.6) is 5.75 Å². The Balaban J connectivity index is 2.03. The fraction of sp³-hybridized carbons (Fsp3) is 0.357. The normalized spacial score (nSPS) is 12.0. The average Bonchev–Trinajstić information content (AvgIpc) is 3.01. The second-order valence-corrected chi connectivity index (χ2v) is 6.27. The number of carbonyl (C=O) groups excluding carboxylic acids is 1. The maximum atomic E-state index is 11.9. The number of nitrogens with zero attached hydrogens (tertiary/aromatic N) is 2. The molecule has 22 heavy (non-hydrogen) atoms. The van der Waals surface area contributed by atoms with E-state index in [-0.39, 0.29) is 5.91 Å². The van der Waals surface area contributed by atoms with Crippen molar-refractivity contribution >= 4 is 34.3 Å². The number of hydrogen-bond acceptors (Lipinski definition) is 7. The summed E-state index contributed by atoms with van der Waals surface area (Å²) in [4.78, 5) is 16.3. The molecule has 1 aromatic carbocycles. The molecule has 0 aliphatic heterocycles. The minimum absolute atomic E-state index is 0.234. The Morgan fingerprint density at radius 2 is 2.36 bits per heavy atom. The molecule has 2 rings (SSSR count). The van der Waals surface area contributed by atoms with E-state index in [2.05, 4.69) is 14.7 Å². The van der Waals surface area contributed by atoms with Crippen molar-refractivity contribution in [3.8, 4) is 17.1 Å². The van der Waals surface area contributed by atoms with Gasteiger partial charge in [0.1, 0.15) is 5.75 Å². The third kappa shape index (κ3) is 4.43. The van der Waals surface area contributed by atoms with E-state index in [1.807, 2.05) is 30.5 Å². The highest BCUT2D eigenvalue weighted by atomic mass is 32.2. The monoisotopic (exact) mass is 338 g/mol. The molecule has 0 saturated carbocycles. The minimum atomic E-state index is -0.531. The van der Waals surface area contributed by atoms with Crippen molar-refractivity contribution in [1.29, 1.82) is 0 Å². The predicted molar refractivity (Wildman–Crippen MR) is 91.5 cm³/mol. The molecule has 1 unspecified atom stereocenters. The lowest BCUT2D eigenvalue weighted by Gasteiger charge is -2.09. The third-order valence-corrected chi connectivity index (χ3v) is 4.23. The predicted octanol–water partition coefficient (Wildman–Crippen LogP) is 2.23. The topological polar surface area (TPSA) is 90.1 Å². The number of nitrogens with two attached hydrogens (primary N) is 1. The number of rotatable bonds is 7. The third-order valence-electron chi connectivity index (χ3n) is 2.95. The molecule has 1 heterocycles. The van der Waals surface area contributed by atoms with Gasteiger partial charge < -0.3 is 10.5 Å². The number of hydrogen-bond donors (Lipinski definition) is 2. The van der Waals surface area contributed by atoms with Gasteiger partial charge in [-0.3, -0.25) is 10.1 Å². The first-order valence-electron chi connectivity index (χ1n) is 6.67. The molecule has 0 saturated heterocycles. The lowest BCUT2D eigenvalue weighted by atomic mass is 10.2. The van der Waals surface area contributed by atoms with Gasteiger partial charge in [-0.25, -0.2) is 0 Å². The second-order valence-electron chi connectivity index (χ2n) is 4.53. The van der Waals surface area contributed by atoms with Crippen molar-refractivity contribution < 1.29 is 9.53 Å². The van der Waals surface area contributed by atoms with Gasteiger partial charge in [-0.1, -0.05) is 12.1 Å². The number of benzene rings is 1. The van der Waals surface area contributed by atoms with Crippen LogP contribution >= 0.6 is 23.3 Å². The Bertz CT molecular complexity index is 633. The molecule has 6 nitrogen and oxygen atoms in total. The molecule has 0 radical (unpaired) electrons. The zero-order valence-corrected chi connectivity index (χ0v) is 14.0. The maximum absolute atomic E-state index is 11.9. The van der Waals surface area contributed by atoms with Gasteiger partial charge in [0.25, 0.3) is 0 Å². The average molecular weight is 338 g/mol. The lowest BCUT2D eigenvalue weighted by molar-refractivity contribution is -0.117. The van der Waals surface area contributed by atoms with Crippen LogP contribution in [0, 0.1) is 0 Å². The van der Waals surface area contributed by atoms with E-state index in [0.29, 0.717) is 17.4 Å².